The molecular weight excluding hydrogens is 272 g/mol. The van der Waals surface area contributed by atoms with Crippen LogP contribution >= 0.6 is 11.8 Å². The van der Waals surface area contributed by atoms with Gasteiger partial charge in [0.25, 0.3) is 5.91 Å². The second-order valence-electron chi connectivity index (χ2n) is 3.97. The van der Waals surface area contributed by atoms with Crippen LogP contribution in [0, 0.1) is 0 Å². The summed E-state index contributed by atoms with van der Waals surface area (Å²) in [6.07, 6.45) is 5.02. The smallest absolute Gasteiger partial charge is 0.275 e. The van der Waals surface area contributed by atoms with Gasteiger partial charge in [0.05, 0.1) is 18.1 Å². The van der Waals surface area contributed by atoms with Gasteiger partial charge in [-0.15, -0.1) is 11.8 Å². The lowest BCUT2D eigenvalue weighted by molar-refractivity contribution is 0.102. The molecule has 1 heterocycles. The van der Waals surface area contributed by atoms with E-state index in [1.807, 2.05) is 37.4 Å². The number of anilines is 2. The van der Waals surface area contributed by atoms with Gasteiger partial charge in [-0.25, -0.2) is 4.98 Å². The molecule has 0 unspecified atom stereocenters. The number of hydrogen-bond donors (Lipinski definition) is 2. The van der Waals surface area contributed by atoms with E-state index in [0.29, 0.717) is 11.5 Å². The molecule has 0 aliphatic carbocycles. The molecule has 0 spiro atoms. The number of nitrogens with one attached hydrogen (secondary N) is 2. The zero-order valence-corrected chi connectivity index (χ0v) is 12.2. The predicted octanol–water partition coefficient (Wildman–Crippen LogP) is 2.88. The van der Waals surface area contributed by atoms with Gasteiger partial charge in [0.15, 0.2) is 0 Å². The van der Waals surface area contributed by atoms with Crippen molar-refractivity contribution >= 4 is 29.2 Å². The number of rotatable bonds is 5. The highest BCUT2D eigenvalue weighted by Crippen LogP contribution is 2.24. The van der Waals surface area contributed by atoms with E-state index in [1.165, 1.54) is 6.20 Å². The van der Waals surface area contributed by atoms with Crippen molar-refractivity contribution in [3.8, 4) is 0 Å². The Morgan fingerprint density at radius 3 is 2.85 bits per heavy atom. The fourth-order valence-electron chi connectivity index (χ4n) is 1.68. The molecule has 6 heteroatoms. The van der Waals surface area contributed by atoms with Gasteiger partial charge < -0.3 is 10.6 Å². The van der Waals surface area contributed by atoms with Crippen LogP contribution in [0.4, 0.5) is 11.5 Å². The lowest BCUT2D eigenvalue weighted by atomic mass is 10.3. The van der Waals surface area contributed by atoms with Crippen molar-refractivity contribution in [2.75, 3.05) is 23.4 Å². The molecule has 2 rings (SSSR count). The van der Waals surface area contributed by atoms with E-state index in [0.717, 1.165) is 17.1 Å². The third-order valence-electron chi connectivity index (χ3n) is 2.58. The third kappa shape index (κ3) is 3.48. The van der Waals surface area contributed by atoms with Gasteiger partial charge in [0.2, 0.25) is 0 Å². The summed E-state index contributed by atoms with van der Waals surface area (Å²) in [6.45, 7) is 2.69. The molecule has 0 fully saturated rings. The molecule has 2 N–H and O–H groups in total. The van der Waals surface area contributed by atoms with Gasteiger partial charge in [0, 0.05) is 11.4 Å². The number of amides is 1. The molecule has 0 aliphatic heterocycles. The highest BCUT2D eigenvalue weighted by molar-refractivity contribution is 7.98. The third-order valence-corrected chi connectivity index (χ3v) is 3.38. The Labute approximate surface area is 122 Å². The number of carbonyl (C=O) groups is 1. The first-order valence-electron chi connectivity index (χ1n) is 6.25. The average molecular weight is 288 g/mol. The summed E-state index contributed by atoms with van der Waals surface area (Å²) in [5, 5.41) is 5.89. The summed E-state index contributed by atoms with van der Waals surface area (Å²) in [5.74, 6) is 0.331. The van der Waals surface area contributed by atoms with Crippen LogP contribution in [0.1, 0.15) is 17.4 Å². The Kier molecular flexibility index (Phi) is 4.95. The SMILES string of the molecule is CCNc1cncc(C(=O)Nc2ccccc2SC)n1. The van der Waals surface area contributed by atoms with E-state index in [1.54, 1.807) is 18.0 Å². The minimum atomic E-state index is -0.265. The summed E-state index contributed by atoms with van der Waals surface area (Å²) in [6, 6.07) is 7.65. The summed E-state index contributed by atoms with van der Waals surface area (Å²) in [5.41, 5.74) is 1.07. The Morgan fingerprint density at radius 1 is 1.30 bits per heavy atom. The first kappa shape index (κ1) is 14.3. The second-order valence-corrected chi connectivity index (χ2v) is 4.82. The van der Waals surface area contributed by atoms with E-state index >= 15 is 0 Å². The number of nitrogens with zero attached hydrogens (tertiary/aromatic N) is 2. The van der Waals surface area contributed by atoms with Gasteiger partial charge >= 0.3 is 0 Å². The molecule has 0 aliphatic rings. The molecule has 2 aromatic rings. The summed E-state index contributed by atoms with van der Waals surface area (Å²) in [7, 11) is 0. The maximum Gasteiger partial charge on any atom is 0.275 e. The van der Waals surface area contributed by atoms with Crippen LogP contribution < -0.4 is 10.6 Å². The monoisotopic (exact) mass is 288 g/mol. The van der Waals surface area contributed by atoms with Crippen molar-refractivity contribution in [2.45, 2.75) is 11.8 Å². The first-order chi connectivity index (χ1) is 9.74. The normalized spacial score (nSPS) is 10.1. The number of thioether (sulfide) groups is 1. The quantitative estimate of drug-likeness (QED) is 0.828. The average Bonchev–Trinajstić information content (AvgIpc) is 2.48. The Hall–Kier alpha value is -2.08. The van der Waals surface area contributed by atoms with E-state index < -0.39 is 0 Å². The number of para-hydroxylation sites is 1. The van der Waals surface area contributed by atoms with Crippen LogP contribution in [0.5, 0.6) is 0 Å². The van der Waals surface area contributed by atoms with Crippen LogP contribution in [0.2, 0.25) is 0 Å². The Morgan fingerprint density at radius 2 is 2.10 bits per heavy atom. The summed E-state index contributed by atoms with van der Waals surface area (Å²) in [4.78, 5) is 21.4. The van der Waals surface area contributed by atoms with Gasteiger partial charge in [-0.2, -0.15) is 0 Å². The second kappa shape index (κ2) is 6.91. The zero-order valence-electron chi connectivity index (χ0n) is 11.4. The molecule has 0 saturated carbocycles. The molecule has 20 heavy (non-hydrogen) atoms. The maximum atomic E-state index is 12.2. The molecule has 5 nitrogen and oxygen atoms in total. The van der Waals surface area contributed by atoms with Crippen molar-refractivity contribution in [3.05, 3.63) is 42.4 Å². The van der Waals surface area contributed by atoms with E-state index in [-0.39, 0.29) is 5.91 Å². The molecule has 104 valence electrons. The first-order valence-corrected chi connectivity index (χ1v) is 7.47. The van der Waals surface area contributed by atoms with E-state index in [9.17, 15) is 4.79 Å². The van der Waals surface area contributed by atoms with Crippen LogP contribution in [0.25, 0.3) is 0 Å². The molecule has 1 aromatic carbocycles. The minimum Gasteiger partial charge on any atom is -0.369 e. The number of aromatic nitrogens is 2. The summed E-state index contributed by atoms with van der Waals surface area (Å²) >= 11 is 1.58. The predicted molar refractivity (Wildman–Crippen MR) is 82.4 cm³/mol. The van der Waals surface area contributed by atoms with E-state index in [4.69, 9.17) is 0 Å². The van der Waals surface area contributed by atoms with Crippen molar-refractivity contribution in [1.29, 1.82) is 0 Å². The van der Waals surface area contributed by atoms with Gasteiger partial charge in [-0.05, 0) is 25.3 Å². The molecular formula is C14H16N4OS. The lowest BCUT2D eigenvalue weighted by Crippen LogP contribution is -2.15. The molecule has 0 bridgehead atoms. The molecule has 1 aromatic heterocycles. The van der Waals surface area contributed by atoms with Crippen LogP contribution in [-0.4, -0.2) is 28.7 Å². The number of carbonyl (C=O) groups excluding carboxylic acids is 1. The van der Waals surface area contributed by atoms with Crippen molar-refractivity contribution < 1.29 is 4.79 Å². The fourth-order valence-corrected chi connectivity index (χ4v) is 2.23. The molecule has 1 amide bonds. The fraction of sp³-hybridized carbons (Fsp3) is 0.214. The molecule has 0 saturated heterocycles. The topological polar surface area (TPSA) is 66.9 Å². The highest BCUT2D eigenvalue weighted by Gasteiger charge is 2.11. The largest absolute Gasteiger partial charge is 0.369 e. The Balaban J connectivity index is 2.17. The number of benzene rings is 1. The van der Waals surface area contributed by atoms with Crippen molar-refractivity contribution in [2.24, 2.45) is 0 Å². The molecule has 0 atom stereocenters. The van der Waals surface area contributed by atoms with Gasteiger partial charge in [0.1, 0.15) is 11.5 Å². The van der Waals surface area contributed by atoms with Crippen molar-refractivity contribution in [1.82, 2.24) is 9.97 Å². The van der Waals surface area contributed by atoms with Gasteiger partial charge in [-0.1, -0.05) is 12.1 Å². The zero-order chi connectivity index (χ0) is 14.4. The van der Waals surface area contributed by atoms with E-state index in [2.05, 4.69) is 20.6 Å². The number of hydrogen-bond acceptors (Lipinski definition) is 5. The highest BCUT2D eigenvalue weighted by atomic mass is 32.2. The molecule has 0 radical (unpaired) electrons. The lowest BCUT2D eigenvalue weighted by Gasteiger charge is -2.09. The summed E-state index contributed by atoms with van der Waals surface area (Å²) < 4.78 is 0. The maximum absolute atomic E-state index is 12.2. The van der Waals surface area contributed by atoms with Crippen LogP contribution in [0.3, 0.4) is 0 Å². The van der Waals surface area contributed by atoms with Gasteiger partial charge in [-0.3, -0.25) is 9.78 Å². The van der Waals surface area contributed by atoms with Crippen molar-refractivity contribution in [3.63, 3.8) is 0 Å². The van der Waals surface area contributed by atoms with Crippen LogP contribution in [0.15, 0.2) is 41.6 Å². The standard InChI is InChI=1S/C14H16N4OS/c1-3-16-13-9-15-8-11(17-13)14(19)18-10-6-4-5-7-12(10)20-2/h4-9H,3H2,1-2H3,(H,16,17)(H,18,19). The van der Waals surface area contributed by atoms with Crippen LogP contribution in [-0.2, 0) is 0 Å². The Bertz CT molecular complexity index is 603. The minimum absolute atomic E-state index is 0.265.